The maximum absolute atomic E-state index is 11.5. The van der Waals surface area contributed by atoms with Crippen molar-refractivity contribution in [3.05, 3.63) is 53.6 Å². The number of nitrogens with one attached hydrogen (secondary N) is 1. The van der Waals surface area contributed by atoms with Crippen molar-refractivity contribution in [1.29, 1.82) is 0 Å². The van der Waals surface area contributed by atoms with Crippen molar-refractivity contribution in [2.24, 2.45) is 5.14 Å². The molecule has 0 spiro atoms. The lowest BCUT2D eigenvalue weighted by atomic mass is 10.1. The largest absolute Gasteiger partial charge is 0.508 e. The van der Waals surface area contributed by atoms with Crippen LogP contribution in [0.2, 0.25) is 0 Å². The van der Waals surface area contributed by atoms with E-state index in [0.29, 0.717) is 11.3 Å². The van der Waals surface area contributed by atoms with E-state index in [2.05, 4.69) is 5.32 Å². The minimum absolute atomic E-state index is 0.0912. The number of nitrogens with two attached hydrogens (primary N) is 1. The van der Waals surface area contributed by atoms with Gasteiger partial charge in [-0.3, -0.25) is 0 Å². The number of phenols is 1. The van der Waals surface area contributed by atoms with E-state index in [4.69, 9.17) is 5.14 Å². The Hall–Kier alpha value is -2.05. The summed E-state index contributed by atoms with van der Waals surface area (Å²) in [6.07, 6.45) is 0. The van der Waals surface area contributed by atoms with Crippen LogP contribution in [0.15, 0.2) is 47.4 Å². The van der Waals surface area contributed by atoms with Crippen molar-refractivity contribution in [2.75, 3.05) is 5.32 Å². The smallest absolute Gasteiger partial charge is 0.238 e. The van der Waals surface area contributed by atoms with E-state index in [9.17, 15) is 13.5 Å². The second-order valence-corrected chi connectivity index (χ2v) is 6.46. The van der Waals surface area contributed by atoms with Gasteiger partial charge in [0.05, 0.1) is 4.90 Å². The van der Waals surface area contributed by atoms with Crippen molar-refractivity contribution in [3.63, 3.8) is 0 Å². The Morgan fingerprint density at radius 3 is 2.48 bits per heavy atom. The van der Waals surface area contributed by atoms with Gasteiger partial charge in [0.25, 0.3) is 0 Å². The van der Waals surface area contributed by atoms with E-state index in [0.717, 1.165) is 5.56 Å². The third-order valence-electron chi connectivity index (χ3n) is 3.33. The molecule has 4 N–H and O–H groups in total. The van der Waals surface area contributed by atoms with Crippen LogP contribution in [-0.4, -0.2) is 13.5 Å². The first-order chi connectivity index (χ1) is 9.79. The minimum Gasteiger partial charge on any atom is -0.508 e. The fourth-order valence-electron chi connectivity index (χ4n) is 2.19. The lowest BCUT2D eigenvalue weighted by Crippen LogP contribution is -2.15. The number of primary sulfonamides is 1. The normalized spacial score (nSPS) is 12.9. The highest BCUT2D eigenvalue weighted by Crippen LogP contribution is 2.27. The fraction of sp³-hybridized carbons (Fsp3) is 0.200. The molecule has 0 saturated heterocycles. The highest BCUT2D eigenvalue weighted by atomic mass is 32.2. The Morgan fingerprint density at radius 2 is 1.86 bits per heavy atom. The molecule has 21 heavy (non-hydrogen) atoms. The highest BCUT2D eigenvalue weighted by Gasteiger charge is 2.15. The average molecular weight is 306 g/mol. The summed E-state index contributed by atoms with van der Waals surface area (Å²) in [5.41, 5.74) is 2.17. The van der Waals surface area contributed by atoms with Crippen molar-refractivity contribution < 1.29 is 13.5 Å². The molecule has 0 fully saturated rings. The molecular formula is C15H18N2O3S. The molecule has 0 radical (unpaired) electrons. The highest BCUT2D eigenvalue weighted by molar-refractivity contribution is 7.89. The van der Waals surface area contributed by atoms with Gasteiger partial charge in [-0.1, -0.05) is 18.2 Å². The zero-order chi connectivity index (χ0) is 15.6. The second kappa shape index (κ2) is 5.75. The van der Waals surface area contributed by atoms with Gasteiger partial charge in [-0.15, -0.1) is 0 Å². The van der Waals surface area contributed by atoms with Crippen LogP contribution in [0, 0.1) is 6.92 Å². The number of hydrogen-bond acceptors (Lipinski definition) is 4. The molecule has 1 atom stereocenters. The Bertz CT molecular complexity index is 757. The Labute approximate surface area is 124 Å². The summed E-state index contributed by atoms with van der Waals surface area (Å²) in [6, 6.07) is 11.7. The van der Waals surface area contributed by atoms with Crippen molar-refractivity contribution >= 4 is 15.7 Å². The average Bonchev–Trinajstić information content (AvgIpc) is 2.39. The number of sulfonamides is 1. The summed E-state index contributed by atoms with van der Waals surface area (Å²) in [5.74, 6) is 0.191. The molecule has 112 valence electrons. The van der Waals surface area contributed by atoms with E-state index in [1.165, 1.54) is 6.07 Å². The molecular weight excluding hydrogens is 288 g/mol. The molecule has 2 rings (SSSR count). The maximum Gasteiger partial charge on any atom is 0.238 e. The number of hydrogen-bond donors (Lipinski definition) is 3. The molecule has 0 heterocycles. The monoisotopic (exact) mass is 306 g/mol. The Balaban J connectivity index is 2.32. The van der Waals surface area contributed by atoms with Crippen LogP contribution in [0.1, 0.15) is 24.1 Å². The molecule has 0 aliphatic heterocycles. The van der Waals surface area contributed by atoms with Crippen LogP contribution in [0.4, 0.5) is 5.69 Å². The quantitative estimate of drug-likeness (QED) is 0.809. The topological polar surface area (TPSA) is 92.4 Å². The van der Waals surface area contributed by atoms with Crippen LogP contribution in [-0.2, 0) is 10.0 Å². The van der Waals surface area contributed by atoms with Crippen LogP contribution in [0.5, 0.6) is 5.75 Å². The molecule has 0 aliphatic rings. The molecule has 5 nitrogen and oxygen atoms in total. The van der Waals surface area contributed by atoms with E-state index in [-0.39, 0.29) is 16.7 Å². The number of aromatic hydroxyl groups is 1. The van der Waals surface area contributed by atoms with Crippen molar-refractivity contribution in [2.45, 2.75) is 24.8 Å². The van der Waals surface area contributed by atoms with Crippen LogP contribution in [0.25, 0.3) is 0 Å². The van der Waals surface area contributed by atoms with Gasteiger partial charge in [0.2, 0.25) is 10.0 Å². The van der Waals surface area contributed by atoms with Gasteiger partial charge in [-0.05, 0) is 49.2 Å². The predicted molar refractivity (Wildman–Crippen MR) is 82.7 cm³/mol. The molecule has 0 amide bonds. The van der Waals surface area contributed by atoms with Gasteiger partial charge < -0.3 is 10.4 Å². The number of anilines is 1. The summed E-state index contributed by atoms with van der Waals surface area (Å²) >= 11 is 0. The van der Waals surface area contributed by atoms with Gasteiger partial charge in [0, 0.05) is 11.7 Å². The lowest BCUT2D eigenvalue weighted by Gasteiger charge is -2.18. The maximum atomic E-state index is 11.5. The number of phenolic OH excluding ortho intramolecular Hbond substituents is 1. The third-order valence-corrected chi connectivity index (χ3v) is 4.39. The standard InChI is InChI=1S/C15H18N2O3S/c1-10-14(7-4-8-15(10)21(16,19)20)17-11(2)12-5-3-6-13(18)9-12/h3-9,11,17-18H,1-2H3,(H2,16,19,20). The van der Waals surface area contributed by atoms with Gasteiger partial charge in [0.1, 0.15) is 5.75 Å². The molecule has 0 aromatic heterocycles. The van der Waals surface area contributed by atoms with Gasteiger partial charge >= 0.3 is 0 Å². The molecule has 1 unspecified atom stereocenters. The summed E-state index contributed by atoms with van der Waals surface area (Å²) in [6.45, 7) is 3.63. The van der Waals surface area contributed by atoms with E-state index in [1.807, 2.05) is 13.0 Å². The third kappa shape index (κ3) is 3.53. The Kier molecular flexibility index (Phi) is 4.20. The summed E-state index contributed by atoms with van der Waals surface area (Å²) < 4.78 is 23.0. The summed E-state index contributed by atoms with van der Waals surface area (Å²) in [5, 5.41) is 17.9. The van der Waals surface area contributed by atoms with E-state index >= 15 is 0 Å². The van der Waals surface area contributed by atoms with Crippen LogP contribution >= 0.6 is 0 Å². The Morgan fingerprint density at radius 1 is 1.19 bits per heavy atom. The van der Waals surface area contributed by atoms with Gasteiger partial charge in [0.15, 0.2) is 0 Å². The van der Waals surface area contributed by atoms with Crippen LogP contribution in [0.3, 0.4) is 0 Å². The molecule has 2 aromatic rings. The lowest BCUT2D eigenvalue weighted by molar-refractivity contribution is 0.474. The second-order valence-electron chi connectivity index (χ2n) is 4.93. The zero-order valence-electron chi connectivity index (χ0n) is 11.9. The molecule has 0 saturated carbocycles. The molecule has 2 aromatic carbocycles. The van der Waals surface area contributed by atoms with Crippen LogP contribution < -0.4 is 10.5 Å². The first-order valence-electron chi connectivity index (χ1n) is 6.47. The first-order valence-corrected chi connectivity index (χ1v) is 8.01. The van der Waals surface area contributed by atoms with Gasteiger partial charge in [-0.25, -0.2) is 13.6 Å². The number of benzene rings is 2. The van der Waals surface area contributed by atoms with Crippen molar-refractivity contribution in [1.82, 2.24) is 0 Å². The summed E-state index contributed by atoms with van der Waals surface area (Å²) in [4.78, 5) is 0.107. The van der Waals surface area contributed by atoms with Gasteiger partial charge in [-0.2, -0.15) is 0 Å². The predicted octanol–water partition coefficient (Wildman–Crippen LogP) is 2.52. The zero-order valence-corrected chi connectivity index (χ0v) is 12.7. The molecule has 0 bridgehead atoms. The first kappa shape index (κ1) is 15.3. The summed E-state index contributed by atoms with van der Waals surface area (Å²) in [7, 11) is -3.74. The molecule has 0 aliphatic carbocycles. The molecule has 6 heteroatoms. The fourth-order valence-corrected chi connectivity index (χ4v) is 2.99. The van der Waals surface area contributed by atoms with E-state index < -0.39 is 10.0 Å². The number of rotatable bonds is 4. The minimum atomic E-state index is -3.74. The van der Waals surface area contributed by atoms with E-state index in [1.54, 1.807) is 37.3 Å². The van der Waals surface area contributed by atoms with Crippen molar-refractivity contribution in [3.8, 4) is 5.75 Å². The SMILES string of the molecule is Cc1c(NC(C)c2cccc(O)c2)cccc1S(N)(=O)=O.